The first-order chi connectivity index (χ1) is 13.3. The van der Waals surface area contributed by atoms with E-state index in [1.807, 2.05) is 0 Å². The first kappa shape index (κ1) is 19.4. The van der Waals surface area contributed by atoms with Gasteiger partial charge in [0.1, 0.15) is 11.5 Å². The number of aromatic nitrogens is 2. The van der Waals surface area contributed by atoms with E-state index in [9.17, 15) is 14.4 Å². The van der Waals surface area contributed by atoms with E-state index in [0.717, 1.165) is 0 Å². The molecule has 0 saturated carbocycles. The highest BCUT2D eigenvalue weighted by Gasteiger charge is 2.19. The molecule has 0 aliphatic heterocycles. The second kappa shape index (κ2) is 7.69. The third-order valence-corrected chi connectivity index (χ3v) is 4.30. The standard InChI is InChI=1S/C19H17ClN4O4/c1-10-8-16(25)17(23-24(10)15-7-5-4-6-14(15)20)19(27)22-21-18(26)13-9-11(2)28-12(13)3/h4-9H,1-3H3,(H,21,26)(H,22,27). The third kappa shape index (κ3) is 3.81. The van der Waals surface area contributed by atoms with Crippen LogP contribution in [0.1, 0.15) is 38.1 Å². The van der Waals surface area contributed by atoms with E-state index in [4.69, 9.17) is 16.0 Å². The van der Waals surface area contributed by atoms with Gasteiger partial charge in [0, 0.05) is 11.8 Å². The Kier molecular flexibility index (Phi) is 5.32. The van der Waals surface area contributed by atoms with E-state index in [2.05, 4.69) is 16.0 Å². The number of halogens is 1. The Morgan fingerprint density at radius 2 is 1.75 bits per heavy atom. The number of nitrogens with zero attached hydrogens (tertiary/aromatic N) is 2. The minimum absolute atomic E-state index is 0.281. The number of carbonyl (C=O) groups is 2. The monoisotopic (exact) mass is 400 g/mol. The molecule has 2 aromatic heterocycles. The lowest BCUT2D eigenvalue weighted by Gasteiger charge is -2.12. The van der Waals surface area contributed by atoms with Gasteiger partial charge in [-0.05, 0) is 39.0 Å². The zero-order valence-corrected chi connectivity index (χ0v) is 16.1. The molecule has 144 valence electrons. The van der Waals surface area contributed by atoms with Crippen molar-refractivity contribution < 1.29 is 14.0 Å². The number of benzene rings is 1. The van der Waals surface area contributed by atoms with Gasteiger partial charge in [0.25, 0.3) is 11.8 Å². The molecule has 0 unspecified atom stereocenters. The Morgan fingerprint density at radius 3 is 2.39 bits per heavy atom. The molecule has 9 heteroatoms. The van der Waals surface area contributed by atoms with Crippen molar-refractivity contribution in [3.8, 4) is 5.69 Å². The molecule has 0 fully saturated rings. The van der Waals surface area contributed by atoms with Crippen LogP contribution in [0.25, 0.3) is 5.69 Å². The van der Waals surface area contributed by atoms with Crippen LogP contribution in [0.4, 0.5) is 0 Å². The zero-order chi connectivity index (χ0) is 20.4. The summed E-state index contributed by atoms with van der Waals surface area (Å²) in [7, 11) is 0. The van der Waals surface area contributed by atoms with Crippen LogP contribution < -0.4 is 16.3 Å². The summed E-state index contributed by atoms with van der Waals surface area (Å²) in [6.45, 7) is 5.01. The molecule has 8 nitrogen and oxygen atoms in total. The van der Waals surface area contributed by atoms with Crippen molar-refractivity contribution in [3.63, 3.8) is 0 Å². The van der Waals surface area contributed by atoms with Gasteiger partial charge in [-0.3, -0.25) is 25.2 Å². The summed E-state index contributed by atoms with van der Waals surface area (Å²) in [6, 6.07) is 9.72. The molecule has 1 aromatic carbocycles. The maximum Gasteiger partial charge on any atom is 0.294 e. The Hall–Kier alpha value is -3.39. The minimum Gasteiger partial charge on any atom is -0.466 e. The molecule has 0 aliphatic rings. The smallest absolute Gasteiger partial charge is 0.294 e. The summed E-state index contributed by atoms with van der Waals surface area (Å²) >= 11 is 6.18. The topological polar surface area (TPSA) is 106 Å². The summed E-state index contributed by atoms with van der Waals surface area (Å²) in [5.74, 6) is -0.436. The van der Waals surface area contributed by atoms with E-state index in [1.54, 1.807) is 51.1 Å². The van der Waals surface area contributed by atoms with E-state index in [-0.39, 0.29) is 11.3 Å². The van der Waals surface area contributed by atoms with Crippen molar-refractivity contribution in [3.05, 3.63) is 80.1 Å². The second-order valence-electron chi connectivity index (χ2n) is 6.10. The molecule has 2 heterocycles. The molecule has 0 saturated heterocycles. The highest BCUT2D eigenvalue weighted by molar-refractivity contribution is 6.32. The fourth-order valence-electron chi connectivity index (χ4n) is 2.67. The van der Waals surface area contributed by atoms with E-state index < -0.39 is 17.2 Å². The minimum atomic E-state index is -0.850. The average molecular weight is 401 g/mol. The average Bonchev–Trinajstić information content (AvgIpc) is 2.98. The first-order valence-electron chi connectivity index (χ1n) is 8.31. The summed E-state index contributed by atoms with van der Waals surface area (Å²) in [5.41, 5.74) is 4.79. The largest absolute Gasteiger partial charge is 0.466 e. The summed E-state index contributed by atoms with van der Waals surface area (Å²) < 4.78 is 6.68. The molecule has 2 N–H and O–H groups in total. The Labute approximate surface area is 165 Å². The maximum atomic E-state index is 12.4. The number of aryl methyl sites for hydroxylation is 3. The number of amides is 2. The van der Waals surface area contributed by atoms with Crippen LogP contribution in [0.2, 0.25) is 5.02 Å². The lowest BCUT2D eigenvalue weighted by atomic mass is 10.2. The molecule has 0 atom stereocenters. The van der Waals surface area contributed by atoms with Crippen molar-refractivity contribution >= 4 is 23.4 Å². The SMILES string of the molecule is Cc1cc(C(=O)NNC(=O)c2nn(-c3ccccc3Cl)c(C)cc2=O)c(C)o1. The van der Waals surface area contributed by atoms with Gasteiger partial charge in [0.2, 0.25) is 5.43 Å². The van der Waals surface area contributed by atoms with Gasteiger partial charge in [-0.1, -0.05) is 23.7 Å². The lowest BCUT2D eigenvalue weighted by Crippen LogP contribution is -2.44. The number of nitrogens with one attached hydrogen (secondary N) is 2. The fraction of sp³-hybridized carbons (Fsp3) is 0.158. The molecule has 3 rings (SSSR count). The van der Waals surface area contributed by atoms with E-state index in [1.165, 1.54) is 10.7 Å². The van der Waals surface area contributed by atoms with Crippen LogP contribution in [0.3, 0.4) is 0 Å². The number of hydrogen-bond donors (Lipinski definition) is 2. The number of hydrazine groups is 1. The fourth-order valence-corrected chi connectivity index (χ4v) is 2.88. The van der Waals surface area contributed by atoms with E-state index in [0.29, 0.717) is 27.9 Å². The van der Waals surface area contributed by atoms with Crippen molar-refractivity contribution in [2.24, 2.45) is 0 Å². The van der Waals surface area contributed by atoms with Gasteiger partial charge in [-0.15, -0.1) is 0 Å². The van der Waals surface area contributed by atoms with Gasteiger partial charge < -0.3 is 4.42 Å². The normalized spacial score (nSPS) is 10.6. The van der Waals surface area contributed by atoms with E-state index >= 15 is 0 Å². The second-order valence-corrected chi connectivity index (χ2v) is 6.50. The van der Waals surface area contributed by atoms with Crippen LogP contribution in [0.5, 0.6) is 0 Å². The van der Waals surface area contributed by atoms with Gasteiger partial charge >= 0.3 is 0 Å². The van der Waals surface area contributed by atoms with Crippen LogP contribution in [0, 0.1) is 20.8 Å². The number of hydrogen-bond acceptors (Lipinski definition) is 5. The number of carbonyl (C=O) groups excluding carboxylic acids is 2. The molecule has 3 aromatic rings. The highest BCUT2D eigenvalue weighted by atomic mass is 35.5. The Balaban J connectivity index is 1.85. The predicted molar refractivity (Wildman–Crippen MR) is 103 cm³/mol. The summed E-state index contributed by atoms with van der Waals surface area (Å²) in [5, 5.41) is 4.52. The molecule has 0 spiro atoms. The van der Waals surface area contributed by atoms with Crippen molar-refractivity contribution in [1.82, 2.24) is 20.6 Å². The molecule has 2 amide bonds. The van der Waals surface area contributed by atoms with Crippen molar-refractivity contribution in [2.45, 2.75) is 20.8 Å². The lowest BCUT2D eigenvalue weighted by molar-refractivity contribution is 0.0841. The van der Waals surface area contributed by atoms with Crippen LogP contribution in [-0.4, -0.2) is 21.6 Å². The molecule has 0 bridgehead atoms. The predicted octanol–water partition coefficient (Wildman–Crippen LogP) is 2.48. The highest BCUT2D eigenvalue weighted by Crippen LogP contribution is 2.19. The Morgan fingerprint density at radius 1 is 1.07 bits per heavy atom. The van der Waals surface area contributed by atoms with Crippen LogP contribution in [0.15, 0.2) is 45.6 Å². The van der Waals surface area contributed by atoms with Gasteiger partial charge in [-0.25, -0.2) is 4.68 Å². The van der Waals surface area contributed by atoms with Gasteiger partial charge in [0.05, 0.1) is 16.3 Å². The molecule has 0 radical (unpaired) electrons. The summed E-state index contributed by atoms with van der Waals surface area (Å²) in [4.78, 5) is 36.8. The zero-order valence-electron chi connectivity index (χ0n) is 15.4. The van der Waals surface area contributed by atoms with Crippen molar-refractivity contribution in [1.29, 1.82) is 0 Å². The Bertz CT molecular complexity index is 1130. The molecular formula is C19H17ClN4O4. The number of rotatable bonds is 3. The quantitative estimate of drug-likeness (QED) is 0.657. The number of furan rings is 1. The number of para-hydroxylation sites is 1. The molecule has 28 heavy (non-hydrogen) atoms. The maximum absolute atomic E-state index is 12.4. The van der Waals surface area contributed by atoms with Gasteiger partial charge in [-0.2, -0.15) is 5.10 Å². The van der Waals surface area contributed by atoms with Crippen molar-refractivity contribution in [2.75, 3.05) is 0 Å². The van der Waals surface area contributed by atoms with Crippen LogP contribution >= 0.6 is 11.6 Å². The molecule has 0 aliphatic carbocycles. The van der Waals surface area contributed by atoms with Crippen LogP contribution in [-0.2, 0) is 0 Å². The summed E-state index contributed by atoms with van der Waals surface area (Å²) in [6.07, 6.45) is 0. The van der Waals surface area contributed by atoms with Gasteiger partial charge in [0.15, 0.2) is 5.69 Å². The first-order valence-corrected chi connectivity index (χ1v) is 8.69. The molecular weight excluding hydrogens is 384 g/mol. The third-order valence-electron chi connectivity index (χ3n) is 3.98.